The molecule has 0 spiro atoms. The van der Waals surface area contributed by atoms with Crippen molar-refractivity contribution in [2.45, 2.75) is 6.54 Å². The van der Waals surface area contributed by atoms with Crippen LogP contribution in [-0.2, 0) is 6.54 Å². The van der Waals surface area contributed by atoms with Gasteiger partial charge >= 0.3 is 0 Å². The van der Waals surface area contributed by atoms with Gasteiger partial charge < -0.3 is 19.2 Å². The Bertz CT molecular complexity index is 1050. The monoisotopic (exact) mass is 344 g/mol. The Morgan fingerprint density at radius 1 is 0.885 bits per heavy atom. The van der Waals surface area contributed by atoms with Crippen molar-refractivity contribution in [2.24, 2.45) is 0 Å². The van der Waals surface area contributed by atoms with E-state index in [2.05, 4.69) is 10.3 Å². The second-order valence-corrected chi connectivity index (χ2v) is 6.11. The largest absolute Gasteiger partial charge is 0.454 e. The van der Waals surface area contributed by atoms with Gasteiger partial charge in [0.15, 0.2) is 17.1 Å². The number of benzene rings is 3. The van der Waals surface area contributed by atoms with Crippen LogP contribution in [0.15, 0.2) is 71.1 Å². The van der Waals surface area contributed by atoms with Gasteiger partial charge in [-0.2, -0.15) is 0 Å². The van der Waals surface area contributed by atoms with Crippen LogP contribution < -0.4 is 14.8 Å². The highest BCUT2D eigenvalue weighted by Gasteiger charge is 2.13. The lowest BCUT2D eigenvalue weighted by Gasteiger charge is -2.08. The zero-order chi connectivity index (χ0) is 17.3. The summed E-state index contributed by atoms with van der Waals surface area (Å²) in [6.45, 7) is 0.979. The third kappa shape index (κ3) is 2.73. The van der Waals surface area contributed by atoms with Gasteiger partial charge in [-0.25, -0.2) is 4.98 Å². The summed E-state index contributed by atoms with van der Waals surface area (Å²) in [5, 5.41) is 3.43. The van der Waals surface area contributed by atoms with E-state index in [1.165, 1.54) is 0 Å². The molecule has 1 aromatic heterocycles. The maximum atomic E-state index is 5.85. The van der Waals surface area contributed by atoms with Gasteiger partial charge in [-0.05, 0) is 48.0 Å². The number of rotatable bonds is 4. The van der Waals surface area contributed by atoms with Gasteiger partial charge in [0.1, 0.15) is 5.52 Å². The minimum atomic E-state index is 0.290. The van der Waals surface area contributed by atoms with Crippen LogP contribution in [0.5, 0.6) is 11.5 Å². The van der Waals surface area contributed by atoms with E-state index in [-0.39, 0.29) is 0 Å². The van der Waals surface area contributed by atoms with Crippen LogP contribution in [0.4, 0.5) is 5.69 Å². The van der Waals surface area contributed by atoms with Gasteiger partial charge in [0.25, 0.3) is 0 Å². The molecular weight excluding hydrogens is 328 g/mol. The number of aromatic nitrogens is 1. The quantitative estimate of drug-likeness (QED) is 0.574. The molecule has 0 bridgehead atoms. The first-order valence-electron chi connectivity index (χ1n) is 8.43. The van der Waals surface area contributed by atoms with E-state index in [9.17, 15) is 0 Å². The van der Waals surface area contributed by atoms with Crippen LogP contribution in [0.25, 0.3) is 22.6 Å². The first-order valence-corrected chi connectivity index (χ1v) is 8.43. The number of anilines is 1. The summed E-state index contributed by atoms with van der Waals surface area (Å²) < 4.78 is 16.6. The first kappa shape index (κ1) is 14.8. The van der Waals surface area contributed by atoms with Gasteiger partial charge in [0.05, 0.1) is 0 Å². The first-order chi connectivity index (χ1) is 12.8. The topological polar surface area (TPSA) is 56.5 Å². The van der Waals surface area contributed by atoms with Gasteiger partial charge in [0, 0.05) is 17.8 Å². The van der Waals surface area contributed by atoms with Crippen LogP contribution in [0, 0.1) is 0 Å². The van der Waals surface area contributed by atoms with E-state index in [1.54, 1.807) is 0 Å². The van der Waals surface area contributed by atoms with Crippen LogP contribution in [0.1, 0.15) is 5.56 Å². The van der Waals surface area contributed by atoms with Crippen molar-refractivity contribution in [3.8, 4) is 23.0 Å². The molecule has 0 amide bonds. The molecule has 2 heterocycles. The van der Waals surface area contributed by atoms with Crippen LogP contribution in [0.3, 0.4) is 0 Å². The maximum absolute atomic E-state index is 5.85. The number of nitrogens with zero attached hydrogens (tertiary/aromatic N) is 1. The van der Waals surface area contributed by atoms with Gasteiger partial charge in [0.2, 0.25) is 12.7 Å². The van der Waals surface area contributed by atoms with E-state index >= 15 is 0 Å². The van der Waals surface area contributed by atoms with Crippen molar-refractivity contribution in [1.29, 1.82) is 0 Å². The highest BCUT2D eigenvalue weighted by atomic mass is 16.7. The molecule has 128 valence electrons. The van der Waals surface area contributed by atoms with Crippen molar-refractivity contribution in [3.05, 3.63) is 72.3 Å². The van der Waals surface area contributed by atoms with E-state index in [0.29, 0.717) is 19.2 Å². The van der Waals surface area contributed by atoms with Crippen molar-refractivity contribution in [1.82, 2.24) is 4.98 Å². The molecule has 0 aliphatic carbocycles. The molecule has 0 unspecified atom stereocenters. The molecule has 5 nitrogen and oxygen atoms in total. The average molecular weight is 344 g/mol. The Morgan fingerprint density at radius 2 is 1.81 bits per heavy atom. The lowest BCUT2D eigenvalue weighted by Crippen LogP contribution is -1.99. The maximum Gasteiger partial charge on any atom is 0.231 e. The fourth-order valence-corrected chi connectivity index (χ4v) is 3.01. The number of nitrogens with one attached hydrogen (secondary N) is 1. The minimum absolute atomic E-state index is 0.290. The fourth-order valence-electron chi connectivity index (χ4n) is 3.01. The SMILES string of the molecule is c1cc(NCc2ccc3c(c2)OCO3)cc(-c2nc3ccccc3o2)c1. The van der Waals surface area contributed by atoms with Crippen molar-refractivity contribution >= 4 is 16.8 Å². The molecule has 4 aromatic rings. The van der Waals surface area contributed by atoms with E-state index in [4.69, 9.17) is 13.9 Å². The van der Waals surface area contributed by atoms with Crippen LogP contribution in [0.2, 0.25) is 0 Å². The lowest BCUT2D eigenvalue weighted by atomic mass is 10.1. The minimum Gasteiger partial charge on any atom is -0.454 e. The van der Waals surface area contributed by atoms with Gasteiger partial charge in [-0.3, -0.25) is 0 Å². The number of ether oxygens (including phenoxy) is 2. The molecule has 26 heavy (non-hydrogen) atoms. The number of para-hydroxylation sites is 2. The summed E-state index contributed by atoms with van der Waals surface area (Å²) in [6.07, 6.45) is 0. The second-order valence-electron chi connectivity index (χ2n) is 6.11. The normalized spacial score (nSPS) is 12.5. The summed E-state index contributed by atoms with van der Waals surface area (Å²) >= 11 is 0. The number of fused-ring (bicyclic) bond motifs is 2. The Kier molecular flexibility index (Phi) is 3.49. The lowest BCUT2D eigenvalue weighted by molar-refractivity contribution is 0.174. The molecule has 3 aromatic carbocycles. The predicted octanol–water partition coefficient (Wildman–Crippen LogP) is 4.84. The molecule has 1 aliphatic rings. The number of hydrogen-bond donors (Lipinski definition) is 1. The Balaban J connectivity index is 1.36. The Morgan fingerprint density at radius 3 is 2.77 bits per heavy atom. The summed E-state index contributed by atoms with van der Waals surface area (Å²) in [5.74, 6) is 2.22. The van der Waals surface area contributed by atoms with E-state index < -0.39 is 0 Å². The number of oxazole rings is 1. The standard InChI is InChI=1S/C21H16N2O3/c1-2-7-18-17(6-1)23-21(26-18)15-4-3-5-16(11-15)22-12-14-8-9-19-20(10-14)25-13-24-19/h1-11,22H,12-13H2. The summed E-state index contributed by atoms with van der Waals surface area (Å²) in [4.78, 5) is 4.56. The van der Waals surface area contributed by atoms with E-state index in [1.807, 2.05) is 66.7 Å². The second kappa shape index (κ2) is 6.11. The molecule has 5 rings (SSSR count). The molecule has 1 aliphatic heterocycles. The van der Waals surface area contributed by atoms with Crippen molar-refractivity contribution < 1.29 is 13.9 Å². The molecule has 1 N–H and O–H groups in total. The smallest absolute Gasteiger partial charge is 0.231 e. The third-order valence-corrected chi connectivity index (χ3v) is 4.34. The zero-order valence-electron chi connectivity index (χ0n) is 13.9. The molecule has 0 saturated carbocycles. The van der Waals surface area contributed by atoms with E-state index in [0.717, 1.165) is 39.4 Å². The molecule has 5 heteroatoms. The summed E-state index contributed by atoms with van der Waals surface area (Å²) in [5.41, 5.74) is 4.73. The fraction of sp³-hybridized carbons (Fsp3) is 0.0952. The van der Waals surface area contributed by atoms with Gasteiger partial charge in [-0.1, -0.05) is 24.3 Å². The molecular formula is C21H16N2O3. The summed E-state index contributed by atoms with van der Waals surface area (Å²) in [7, 11) is 0. The van der Waals surface area contributed by atoms with Crippen LogP contribution in [-0.4, -0.2) is 11.8 Å². The highest BCUT2D eigenvalue weighted by molar-refractivity contribution is 5.76. The van der Waals surface area contributed by atoms with Crippen molar-refractivity contribution in [3.63, 3.8) is 0 Å². The Labute approximate surface area is 150 Å². The summed E-state index contributed by atoms with van der Waals surface area (Å²) in [6, 6.07) is 21.8. The Hall–Kier alpha value is -3.47. The van der Waals surface area contributed by atoms with Gasteiger partial charge in [-0.15, -0.1) is 0 Å². The molecule has 0 radical (unpaired) electrons. The number of hydrogen-bond acceptors (Lipinski definition) is 5. The van der Waals surface area contributed by atoms with Crippen LogP contribution >= 0.6 is 0 Å². The molecule has 0 saturated heterocycles. The highest BCUT2D eigenvalue weighted by Crippen LogP contribution is 2.33. The average Bonchev–Trinajstić information content (AvgIpc) is 3.32. The molecule has 0 atom stereocenters. The zero-order valence-corrected chi connectivity index (χ0v) is 13.9. The predicted molar refractivity (Wildman–Crippen MR) is 99.3 cm³/mol. The van der Waals surface area contributed by atoms with Crippen molar-refractivity contribution in [2.75, 3.05) is 12.1 Å². The molecule has 0 fully saturated rings. The third-order valence-electron chi connectivity index (χ3n) is 4.34.